The van der Waals surface area contributed by atoms with Gasteiger partial charge in [0.25, 0.3) is 5.69 Å². The van der Waals surface area contributed by atoms with E-state index in [1.807, 2.05) is 30.0 Å². The Morgan fingerprint density at radius 2 is 1.38 bits per heavy atom. The number of nitro benzene ring substituents is 1. The molecule has 12 nitrogen and oxygen atoms in total. The van der Waals surface area contributed by atoms with Crippen LogP contribution in [0, 0.1) is 17.0 Å². The van der Waals surface area contributed by atoms with Crippen LogP contribution in [0.3, 0.4) is 0 Å². The topological polar surface area (TPSA) is 130 Å². The zero-order valence-electron chi connectivity index (χ0n) is 21.1. The van der Waals surface area contributed by atoms with Gasteiger partial charge < -0.3 is 33.5 Å². The lowest BCUT2D eigenvalue weighted by Crippen LogP contribution is -2.36. The summed E-state index contributed by atoms with van der Waals surface area (Å²) < 4.78 is 27.4. The maximum atomic E-state index is 12.1. The molecule has 200 valence electrons. The van der Waals surface area contributed by atoms with E-state index in [0.29, 0.717) is 23.7 Å². The van der Waals surface area contributed by atoms with Crippen LogP contribution in [0.2, 0.25) is 0 Å². The Morgan fingerprint density at radius 3 is 1.89 bits per heavy atom. The number of nitro groups is 1. The fraction of sp³-hybridized carbons (Fsp3) is 0.440. The van der Waals surface area contributed by atoms with E-state index in [1.54, 1.807) is 4.90 Å². The summed E-state index contributed by atoms with van der Waals surface area (Å²) in [6, 6.07) is 9.83. The van der Waals surface area contributed by atoms with Crippen molar-refractivity contribution in [3.05, 3.63) is 52.1 Å². The first-order valence-electron chi connectivity index (χ1n) is 11.7. The largest absolute Gasteiger partial charge is 0.488 e. The number of fused-ring (bicyclic) bond motifs is 2. The monoisotopic (exact) mass is 517 g/mol. The number of esters is 2. The van der Waals surface area contributed by atoms with Crippen LogP contribution in [0.25, 0.3) is 0 Å². The summed E-state index contributed by atoms with van der Waals surface area (Å²) >= 11 is 0. The predicted octanol–water partition coefficient (Wildman–Crippen LogP) is 2.35. The molecule has 0 N–H and O–H groups in total. The van der Waals surface area contributed by atoms with Crippen LogP contribution in [0.15, 0.2) is 36.4 Å². The van der Waals surface area contributed by atoms with Crippen LogP contribution in [0.5, 0.6) is 11.5 Å². The molecule has 2 aromatic carbocycles. The summed E-state index contributed by atoms with van der Waals surface area (Å²) in [4.78, 5) is 38.5. The Kier molecular flexibility index (Phi) is 9.90. The maximum absolute atomic E-state index is 12.1. The second-order valence-electron chi connectivity index (χ2n) is 8.18. The van der Waals surface area contributed by atoms with Crippen LogP contribution in [0.1, 0.15) is 5.56 Å². The van der Waals surface area contributed by atoms with Crippen LogP contribution < -0.4 is 19.3 Å². The number of benzene rings is 2. The number of aryl methyl sites for hydroxylation is 1. The second kappa shape index (κ2) is 13.3. The molecule has 3 rings (SSSR count). The molecule has 1 aliphatic rings. The lowest BCUT2D eigenvalue weighted by Gasteiger charge is -2.26. The number of carbonyl (C=O) groups excluding carboxylic acids is 2. The molecule has 0 aliphatic carbocycles. The minimum Gasteiger partial charge on any atom is -0.488 e. The lowest BCUT2D eigenvalue weighted by molar-refractivity contribution is -0.384. The first-order valence-corrected chi connectivity index (χ1v) is 11.7. The van der Waals surface area contributed by atoms with Gasteiger partial charge in [0.2, 0.25) is 0 Å². The third kappa shape index (κ3) is 7.71. The number of nitrogens with zero attached hydrogens (tertiary/aromatic N) is 3. The molecule has 0 aromatic heterocycles. The maximum Gasteiger partial charge on any atom is 0.325 e. The molecule has 0 saturated heterocycles. The number of anilines is 2. The Bertz CT molecular complexity index is 1110. The van der Waals surface area contributed by atoms with Gasteiger partial charge in [-0.05, 0) is 30.7 Å². The lowest BCUT2D eigenvalue weighted by atomic mass is 10.2. The highest BCUT2D eigenvalue weighted by atomic mass is 16.6. The normalized spacial score (nSPS) is 14.6. The third-order valence-electron chi connectivity index (χ3n) is 5.66. The van der Waals surface area contributed by atoms with E-state index in [1.165, 1.54) is 32.4 Å². The van der Waals surface area contributed by atoms with E-state index in [2.05, 4.69) is 0 Å². The molecule has 1 aliphatic heterocycles. The first-order chi connectivity index (χ1) is 17.8. The quantitative estimate of drug-likeness (QED) is 0.329. The summed E-state index contributed by atoms with van der Waals surface area (Å²) in [5.41, 5.74) is 1.99. The summed E-state index contributed by atoms with van der Waals surface area (Å²) in [6.45, 7) is 3.19. The Labute approximate surface area is 214 Å². The van der Waals surface area contributed by atoms with Gasteiger partial charge in [0.1, 0.15) is 37.8 Å². The van der Waals surface area contributed by atoms with Crippen molar-refractivity contribution in [2.45, 2.75) is 6.92 Å². The summed E-state index contributed by atoms with van der Waals surface area (Å²) in [5, 5.41) is 11.4. The zero-order chi connectivity index (χ0) is 26.8. The van der Waals surface area contributed by atoms with Crippen LogP contribution in [-0.2, 0) is 23.8 Å². The summed E-state index contributed by atoms with van der Waals surface area (Å²) in [6.07, 6.45) is 0. The van der Waals surface area contributed by atoms with Crippen molar-refractivity contribution in [3.8, 4) is 11.5 Å². The standard InChI is InChI=1S/C25H31N3O9/c1-18-4-6-20-22(14-18)36-12-13-37-23-15-19(28(31)32)5-7-21(23)27(17-25(30)34-3)9-11-35-10-8-26(20)16-24(29)33-2/h4-7,14-15H,8-13,16-17H2,1-3H3. The van der Waals surface area contributed by atoms with Gasteiger partial charge in [0.15, 0.2) is 0 Å². The van der Waals surface area contributed by atoms with E-state index in [4.69, 9.17) is 23.7 Å². The minimum atomic E-state index is -0.516. The minimum absolute atomic E-state index is 0.000640. The fourth-order valence-electron chi connectivity index (χ4n) is 3.76. The van der Waals surface area contributed by atoms with E-state index >= 15 is 0 Å². The Morgan fingerprint density at radius 1 is 0.865 bits per heavy atom. The first kappa shape index (κ1) is 27.5. The third-order valence-corrected chi connectivity index (χ3v) is 5.66. The SMILES string of the molecule is COC(=O)CN1CCOCCN(CC(=O)OC)c2ccc([N+](=O)[O-])cc2OCCOc2cc(C)ccc21. The number of carbonyl (C=O) groups is 2. The Hall–Kier alpha value is -4.06. The van der Waals surface area contributed by atoms with Crippen molar-refractivity contribution >= 4 is 29.0 Å². The van der Waals surface area contributed by atoms with E-state index in [9.17, 15) is 19.7 Å². The average Bonchev–Trinajstić information content (AvgIpc) is 2.89. The molecule has 0 saturated carbocycles. The molecule has 0 fully saturated rings. The molecule has 12 heteroatoms. The number of non-ortho nitro benzene ring substituents is 1. The van der Waals surface area contributed by atoms with E-state index in [-0.39, 0.29) is 57.5 Å². The van der Waals surface area contributed by atoms with E-state index < -0.39 is 16.9 Å². The molecular formula is C25H31N3O9. The smallest absolute Gasteiger partial charge is 0.325 e. The van der Waals surface area contributed by atoms with Gasteiger partial charge in [0, 0.05) is 19.2 Å². The molecule has 0 radical (unpaired) electrons. The number of hydrogen-bond donors (Lipinski definition) is 0. The molecule has 37 heavy (non-hydrogen) atoms. The number of methoxy groups -OCH3 is 2. The van der Waals surface area contributed by atoms with Gasteiger partial charge >= 0.3 is 11.9 Å². The number of hydrogen-bond acceptors (Lipinski definition) is 11. The van der Waals surface area contributed by atoms with Gasteiger partial charge in [-0.3, -0.25) is 19.7 Å². The molecule has 0 spiro atoms. The Balaban J connectivity index is 1.92. The molecule has 0 amide bonds. The van der Waals surface area contributed by atoms with Crippen molar-refractivity contribution in [3.63, 3.8) is 0 Å². The van der Waals surface area contributed by atoms with Gasteiger partial charge in [-0.2, -0.15) is 0 Å². The zero-order valence-corrected chi connectivity index (χ0v) is 21.1. The molecular weight excluding hydrogens is 486 g/mol. The van der Waals surface area contributed by atoms with Gasteiger partial charge in [0.05, 0.1) is 49.8 Å². The van der Waals surface area contributed by atoms with Crippen molar-refractivity contribution in [1.29, 1.82) is 0 Å². The molecule has 2 aromatic rings. The van der Waals surface area contributed by atoms with Crippen molar-refractivity contribution in [2.75, 3.05) is 76.6 Å². The second-order valence-corrected chi connectivity index (χ2v) is 8.18. The fourth-order valence-corrected chi connectivity index (χ4v) is 3.76. The molecule has 1 heterocycles. The summed E-state index contributed by atoms with van der Waals surface area (Å²) in [7, 11) is 2.61. The van der Waals surface area contributed by atoms with Crippen LogP contribution >= 0.6 is 0 Å². The van der Waals surface area contributed by atoms with Gasteiger partial charge in [-0.15, -0.1) is 0 Å². The number of rotatable bonds is 5. The van der Waals surface area contributed by atoms with Crippen molar-refractivity contribution in [2.24, 2.45) is 0 Å². The van der Waals surface area contributed by atoms with E-state index in [0.717, 1.165) is 5.56 Å². The van der Waals surface area contributed by atoms with Crippen LogP contribution in [0.4, 0.5) is 17.1 Å². The van der Waals surface area contributed by atoms with Gasteiger partial charge in [-0.1, -0.05) is 6.07 Å². The van der Waals surface area contributed by atoms with Gasteiger partial charge in [-0.25, -0.2) is 0 Å². The molecule has 0 unspecified atom stereocenters. The molecule has 0 atom stereocenters. The highest BCUT2D eigenvalue weighted by Gasteiger charge is 2.21. The summed E-state index contributed by atoms with van der Waals surface area (Å²) in [5.74, 6) is -0.114. The van der Waals surface area contributed by atoms with Crippen LogP contribution in [-0.4, -0.2) is 83.7 Å². The highest BCUT2D eigenvalue weighted by Crippen LogP contribution is 2.33. The van der Waals surface area contributed by atoms with Crippen molar-refractivity contribution in [1.82, 2.24) is 0 Å². The van der Waals surface area contributed by atoms with Crippen molar-refractivity contribution < 1.29 is 38.2 Å². The average molecular weight is 518 g/mol. The molecule has 0 bridgehead atoms. The highest BCUT2D eigenvalue weighted by molar-refractivity contribution is 5.78. The predicted molar refractivity (Wildman–Crippen MR) is 135 cm³/mol. The number of ether oxygens (including phenoxy) is 5.